The zero-order valence-electron chi connectivity index (χ0n) is 10.9. The summed E-state index contributed by atoms with van der Waals surface area (Å²) in [4.78, 5) is 15.7. The summed E-state index contributed by atoms with van der Waals surface area (Å²) in [5.41, 5.74) is 0.482. The maximum absolute atomic E-state index is 11.8. The van der Waals surface area contributed by atoms with E-state index >= 15 is 0 Å². The van der Waals surface area contributed by atoms with Crippen LogP contribution in [0.3, 0.4) is 0 Å². The van der Waals surface area contributed by atoms with Crippen LogP contribution < -0.4 is 5.32 Å². The molecule has 0 spiro atoms. The fourth-order valence-corrected chi connectivity index (χ4v) is 2.43. The lowest BCUT2D eigenvalue weighted by molar-refractivity contribution is 0.0947. The third-order valence-electron chi connectivity index (χ3n) is 3.28. The van der Waals surface area contributed by atoms with Crippen molar-refractivity contribution in [3.8, 4) is 0 Å². The second-order valence-corrected chi connectivity index (χ2v) is 5.15. The zero-order chi connectivity index (χ0) is 13.5. The van der Waals surface area contributed by atoms with Gasteiger partial charge in [0.2, 0.25) is 0 Å². The Morgan fingerprint density at radius 1 is 1.53 bits per heavy atom. The van der Waals surface area contributed by atoms with Crippen LogP contribution in [0.1, 0.15) is 42.5 Å². The summed E-state index contributed by atoms with van der Waals surface area (Å²) in [7, 11) is 0. The maximum Gasteiger partial charge on any atom is 0.252 e. The maximum atomic E-state index is 11.8. The van der Waals surface area contributed by atoms with Gasteiger partial charge >= 0.3 is 0 Å². The van der Waals surface area contributed by atoms with Gasteiger partial charge in [-0.15, -0.1) is 0 Å². The van der Waals surface area contributed by atoms with Crippen molar-refractivity contribution in [1.29, 1.82) is 0 Å². The highest BCUT2D eigenvalue weighted by atomic mass is 35.5. The van der Waals surface area contributed by atoms with Crippen LogP contribution in [-0.4, -0.2) is 30.1 Å². The minimum absolute atomic E-state index is 0.135. The molecular weight excluding hydrogens is 264 g/mol. The van der Waals surface area contributed by atoms with Gasteiger partial charge in [-0.3, -0.25) is 9.78 Å². The Balaban J connectivity index is 1.62. The fraction of sp³-hybridized carbons (Fsp3) is 0.571. The molecule has 4 nitrogen and oxygen atoms in total. The van der Waals surface area contributed by atoms with Gasteiger partial charge in [-0.05, 0) is 38.2 Å². The molecule has 1 aromatic rings. The van der Waals surface area contributed by atoms with Crippen LogP contribution in [0.25, 0.3) is 0 Å². The molecule has 0 saturated carbocycles. The highest BCUT2D eigenvalue weighted by Crippen LogP contribution is 2.17. The normalized spacial score (nSPS) is 18.5. The number of halogens is 1. The van der Waals surface area contributed by atoms with Gasteiger partial charge in [0.25, 0.3) is 5.91 Å². The van der Waals surface area contributed by atoms with E-state index in [0.717, 1.165) is 25.9 Å². The number of pyridine rings is 1. The molecule has 1 atom stereocenters. The number of carbonyl (C=O) groups is 1. The molecule has 2 heterocycles. The molecule has 5 heteroatoms. The third kappa shape index (κ3) is 4.48. The summed E-state index contributed by atoms with van der Waals surface area (Å²) in [5, 5.41) is 3.26. The van der Waals surface area contributed by atoms with Crippen molar-refractivity contribution in [2.45, 2.75) is 38.2 Å². The number of ether oxygens (including phenoxy) is 1. The number of carbonyl (C=O) groups excluding carboxylic acids is 1. The van der Waals surface area contributed by atoms with Gasteiger partial charge in [0.15, 0.2) is 0 Å². The second kappa shape index (κ2) is 7.46. The summed E-state index contributed by atoms with van der Waals surface area (Å²) in [6, 6.07) is 1.63. The number of rotatable bonds is 6. The van der Waals surface area contributed by atoms with Crippen molar-refractivity contribution >= 4 is 17.5 Å². The SMILES string of the molecule is O=C(NCCCCC1CCCO1)c1ccncc1Cl. The highest BCUT2D eigenvalue weighted by molar-refractivity contribution is 6.33. The van der Waals surface area contributed by atoms with Gasteiger partial charge in [0.05, 0.1) is 16.7 Å². The van der Waals surface area contributed by atoms with E-state index in [4.69, 9.17) is 16.3 Å². The molecule has 1 N–H and O–H groups in total. The largest absolute Gasteiger partial charge is 0.378 e. The van der Waals surface area contributed by atoms with Crippen LogP contribution in [0.2, 0.25) is 5.02 Å². The number of unbranched alkanes of at least 4 members (excludes halogenated alkanes) is 1. The van der Waals surface area contributed by atoms with Gasteiger partial charge in [-0.25, -0.2) is 0 Å². The van der Waals surface area contributed by atoms with Crippen molar-refractivity contribution in [2.24, 2.45) is 0 Å². The van der Waals surface area contributed by atoms with Crippen LogP contribution in [-0.2, 0) is 4.74 Å². The number of hydrogen-bond acceptors (Lipinski definition) is 3. The molecule has 0 aromatic carbocycles. The van der Waals surface area contributed by atoms with Gasteiger partial charge in [0, 0.05) is 25.5 Å². The predicted molar refractivity (Wildman–Crippen MR) is 74.4 cm³/mol. The molecule has 0 bridgehead atoms. The standard InChI is InChI=1S/C14H19ClN2O2/c15-13-10-16-8-6-12(13)14(18)17-7-2-1-4-11-5-3-9-19-11/h6,8,10-11H,1-5,7,9H2,(H,17,18). The first kappa shape index (κ1) is 14.3. The third-order valence-corrected chi connectivity index (χ3v) is 3.58. The quantitative estimate of drug-likeness (QED) is 0.816. The average molecular weight is 283 g/mol. The molecule has 1 fully saturated rings. The summed E-state index contributed by atoms with van der Waals surface area (Å²) in [5.74, 6) is -0.135. The lowest BCUT2D eigenvalue weighted by atomic mass is 10.1. The molecule has 1 saturated heterocycles. The van der Waals surface area contributed by atoms with Gasteiger partial charge in [-0.1, -0.05) is 11.6 Å². The Bertz CT molecular complexity index is 420. The van der Waals surface area contributed by atoms with Crippen LogP contribution in [0.5, 0.6) is 0 Å². The first-order valence-corrected chi connectivity index (χ1v) is 7.14. The van der Waals surface area contributed by atoms with E-state index in [1.54, 1.807) is 12.3 Å². The number of hydrogen-bond donors (Lipinski definition) is 1. The Morgan fingerprint density at radius 3 is 3.16 bits per heavy atom. The lowest BCUT2D eigenvalue weighted by Gasteiger charge is -2.09. The van der Waals surface area contributed by atoms with Gasteiger partial charge in [0.1, 0.15) is 0 Å². The Kier molecular flexibility index (Phi) is 5.61. The molecular formula is C14H19ClN2O2. The Hall–Kier alpha value is -1.13. The number of aromatic nitrogens is 1. The van der Waals surface area contributed by atoms with Gasteiger partial charge < -0.3 is 10.1 Å². The molecule has 0 aliphatic carbocycles. The van der Waals surface area contributed by atoms with Crippen LogP contribution >= 0.6 is 11.6 Å². The summed E-state index contributed by atoms with van der Waals surface area (Å²) < 4.78 is 5.55. The smallest absolute Gasteiger partial charge is 0.252 e. The lowest BCUT2D eigenvalue weighted by Crippen LogP contribution is -2.25. The van der Waals surface area contributed by atoms with Gasteiger partial charge in [-0.2, -0.15) is 0 Å². The minimum Gasteiger partial charge on any atom is -0.378 e. The molecule has 1 amide bonds. The van der Waals surface area contributed by atoms with E-state index in [1.807, 2.05) is 0 Å². The van der Waals surface area contributed by atoms with E-state index in [0.29, 0.717) is 23.2 Å². The van der Waals surface area contributed by atoms with Crippen LogP contribution in [0.4, 0.5) is 0 Å². The van der Waals surface area contributed by atoms with Crippen molar-refractivity contribution < 1.29 is 9.53 Å². The average Bonchev–Trinajstić information content (AvgIpc) is 2.92. The highest BCUT2D eigenvalue weighted by Gasteiger charge is 2.14. The topological polar surface area (TPSA) is 51.2 Å². The summed E-state index contributed by atoms with van der Waals surface area (Å²) >= 11 is 5.91. The first-order chi connectivity index (χ1) is 9.27. The van der Waals surface area contributed by atoms with Crippen molar-refractivity contribution in [3.05, 3.63) is 29.0 Å². The fourth-order valence-electron chi connectivity index (χ4n) is 2.23. The first-order valence-electron chi connectivity index (χ1n) is 6.76. The molecule has 19 heavy (non-hydrogen) atoms. The molecule has 2 rings (SSSR count). The van der Waals surface area contributed by atoms with E-state index in [9.17, 15) is 4.79 Å². The molecule has 1 unspecified atom stereocenters. The van der Waals surface area contributed by atoms with Crippen molar-refractivity contribution in [1.82, 2.24) is 10.3 Å². The Labute approximate surface area is 118 Å². The van der Waals surface area contributed by atoms with E-state index in [-0.39, 0.29) is 5.91 Å². The summed E-state index contributed by atoms with van der Waals surface area (Å²) in [6.45, 7) is 1.58. The monoisotopic (exact) mass is 282 g/mol. The number of amides is 1. The number of nitrogens with one attached hydrogen (secondary N) is 1. The number of nitrogens with zero attached hydrogens (tertiary/aromatic N) is 1. The molecule has 0 radical (unpaired) electrons. The van der Waals surface area contributed by atoms with E-state index in [1.165, 1.54) is 19.0 Å². The molecule has 1 aliphatic heterocycles. The van der Waals surface area contributed by atoms with Crippen molar-refractivity contribution in [3.63, 3.8) is 0 Å². The van der Waals surface area contributed by atoms with Crippen LogP contribution in [0, 0.1) is 0 Å². The van der Waals surface area contributed by atoms with Crippen molar-refractivity contribution in [2.75, 3.05) is 13.2 Å². The predicted octanol–water partition coefficient (Wildman–Crippen LogP) is 2.81. The van der Waals surface area contributed by atoms with E-state index < -0.39 is 0 Å². The Morgan fingerprint density at radius 2 is 2.42 bits per heavy atom. The minimum atomic E-state index is -0.135. The van der Waals surface area contributed by atoms with E-state index in [2.05, 4.69) is 10.3 Å². The molecule has 1 aromatic heterocycles. The zero-order valence-corrected chi connectivity index (χ0v) is 11.7. The summed E-state index contributed by atoms with van der Waals surface area (Å²) in [6.07, 6.45) is 8.98. The van der Waals surface area contributed by atoms with Crippen LogP contribution in [0.15, 0.2) is 18.5 Å². The second-order valence-electron chi connectivity index (χ2n) is 4.74. The molecule has 1 aliphatic rings. The molecule has 104 valence electrons.